The van der Waals surface area contributed by atoms with Gasteiger partial charge >= 0.3 is 5.97 Å². The van der Waals surface area contributed by atoms with E-state index < -0.39 is 17.8 Å². The van der Waals surface area contributed by atoms with Crippen molar-refractivity contribution in [2.45, 2.75) is 38.5 Å². The quantitative estimate of drug-likeness (QED) is 0.579. The van der Waals surface area contributed by atoms with Crippen LogP contribution in [0.25, 0.3) is 0 Å². The van der Waals surface area contributed by atoms with Gasteiger partial charge in [0.2, 0.25) is 0 Å². The van der Waals surface area contributed by atoms with Crippen LogP contribution in [0, 0.1) is 0 Å². The lowest BCUT2D eigenvalue weighted by molar-refractivity contribution is -0.0575. The summed E-state index contributed by atoms with van der Waals surface area (Å²) < 4.78 is 0. The van der Waals surface area contributed by atoms with E-state index in [0.29, 0.717) is 18.5 Å². The smallest absolute Gasteiger partial charge is 0.335 e. The number of aliphatic hydroxyl groups excluding tert-OH is 1. The molecule has 18 heavy (non-hydrogen) atoms. The van der Waals surface area contributed by atoms with Gasteiger partial charge in [0, 0.05) is 5.69 Å². The molecule has 5 nitrogen and oxygen atoms in total. The van der Waals surface area contributed by atoms with Gasteiger partial charge in [-0.15, -0.1) is 0 Å². The Labute approximate surface area is 106 Å². The molecule has 100 valence electrons. The number of carboxylic acids is 1. The molecule has 2 unspecified atom stereocenters. The van der Waals surface area contributed by atoms with Crippen molar-refractivity contribution in [1.29, 1.82) is 0 Å². The maximum absolute atomic E-state index is 10.7. The van der Waals surface area contributed by atoms with Crippen molar-refractivity contribution in [3.05, 3.63) is 29.8 Å². The Kier molecular flexibility index (Phi) is 4.69. The van der Waals surface area contributed by atoms with Crippen LogP contribution >= 0.6 is 0 Å². The van der Waals surface area contributed by atoms with Crippen molar-refractivity contribution >= 4 is 11.7 Å². The SMILES string of the molecule is CCC(O)C(O)(CC)Nc1ccc(C(=O)O)cc1. The largest absolute Gasteiger partial charge is 0.478 e. The van der Waals surface area contributed by atoms with Gasteiger partial charge < -0.3 is 20.6 Å². The molecule has 0 aliphatic carbocycles. The van der Waals surface area contributed by atoms with Crippen molar-refractivity contribution in [3.63, 3.8) is 0 Å². The predicted octanol–water partition coefficient (Wildman–Crippen LogP) is 1.67. The van der Waals surface area contributed by atoms with E-state index >= 15 is 0 Å². The maximum atomic E-state index is 10.7. The third kappa shape index (κ3) is 3.21. The van der Waals surface area contributed by atoms with Gasteiger partial charge in [-0.2, -0.15) is 0 Å². The summed E-state index contributed by atoms with van der Waals surface area (Å²) in [6, 6.07) is 6.01. The van der Waals surface area contributed by atoms with Gasteiger partial charge in [-0.3, -0.25) is 0 Å². The van der Waals surface area contributed by atoms with Gasteiger partial charge in [-0.05, 0) is 37.1 Å². The Bertz CT molecular complexity index is 404. The molecular weight excluding hydrogens is 234 g/mol. The van der Waals surface area contributed by atoms with Crippen LogP contribution < -0.4 is 5.32 Å². The second kappa shape index (κ2) is 5.84. The second-order valence-corrected chi connectivity index (χ2v) is 4.21. The fourth-order valence-corrected chi connectivity index (χ4v) is 1.69. The topological polar surface area (TPSA) is 89.8 Å². The lowest BCUT2D eigenvalue weighted by Crippen LogP contribution is -2.48. The normalized spacial score (nSPS) is 15.8. The molecule has 4 N–H and O–H groups in total. The molecule has 0 aliphatic heterocycles. The lowest BCUT2D eigenvalue weighted by Gasteiger charge is -2.33. The van der Waals surface area contributed by atoms with Gasteiger partial charge in [-0.1, -0.05) is 13.8 Å². The molecule has 0 aromatic heterocycles. The zero-order chi connectivity index (χ0) is 13.8. The van der Waals surface area contributed by atoms with Crippen LogP contribution in [-0.2, 0) is 0 Å². The molecule has 0 saturated heterocycles. The van der Waals surface area contributed by atoms with Gasteiger partial charge in [0.1, 0.15) is 6.10 Å². The first-order chi connectivity index (χ1) is 8.42. The number of nitrogens with one attached hydrogen (secondary N) is 1. The molecule has 0 bridgehead atoms. The Morgan fingerprint density at radius 2 is 1.89 bits per heavy atom. The van der Waals surface area contributed by atoms with E-state index in [9.17, 15) is 15.0 Å². The van der Waals surface area contributed by atoms with Crippen LogP contribution in [0.15, 0.2) is 24.3 Å². The molecule has 1 aromatic carbocycles. The summed E-state index contributed by atoms with van der Waals surface area (Å²) in [6.07, 6.45) is -0.130. The molecule has 5 heteroatoms. The van der Waals surface area contributed by atoms with Crippen LogP contribution in [0.4, 0.5) is 5.69 Å². The molecule has 1 rings (SSSR count). The molecule has 1 aromatic rings. The summed E-state index contributed by atoms with van der Waals surface area (Å²) in [4.78, 5) is 10.7. The zero-order valence-electron chi connectivity index (χ0n) is 10.6. The van der Waals surface area contributed by atoms with E-state index in [-0.39, 0.29) is 5.56 Å². The third-order valence-corrected chi connectivity index (χ3v) is 2.97. The monoisotopic (exact) mass is 253 g/mol. The average molecular weight is 253 g/mol. The standard InChI is InChI=1S/C13H19NO4/c1-3-11(15)13(18,4-2)14-10-7-5-9(6-8-10)12(16)17/h5-8,11,14-15,18H,3-4H2,1-2H3,(H,16,17). The van der Waals surface area contributed by atoms with E-state index in [1.165, 1.54) is 12.1 Å². The first-order valence-electron chi connectivity index (χ1n) is 5.95. The molecule has 0 saturated carbocycles. The third-order valence-electron chi connectivity index (χ3n) is 2.97. The minimum absolute atomic E-state index is 0.177. The van der Waals surface area contributed by atoms with Gasteiger partial charge in [0.25, 0.3) is 0 Å². The summed E-state index contributed by atoms with van der Waals surface area (Å²) in [5, 5.41) is 31.6. The molecule has 0 spiro atoms. The Morgan fingerprint density at radius 1 is 1.33 bits per heavy atom. The van der Waals surface area contributed by atoms with E-state index in [1.54, 1.807) is 26.0 Å². The first kappa shape index (κ1) is 14.5. The number of hydrogen-bond acceptors (Lipinski definition) is 4. The summed E-state index contributed by atoms with van der Waals surface area (Å²) in [6.45, 7) is 3.54. The van der Waals surface area contributed by atoms with Gasteiger partial charge in [0.05, 0.1) is 5.56 Å². The van der Waals surface area contributed by atoms with Gasteiger partial charge in [0.15, 0.2) is 5.72 Å². The number of benzene rings is 1. The second-order valence-electron chi connectivity index (χ2n) is 4.21. The molecule has 0 amide bonds. The van der Waals surface area contributed by atoms with Crippen LogP contribution in [0.1, 0.15) is 37.0 Å². The maximum Gasteiger partial charge on any atom is 0.335 e. The van der Waals surface area contributed by atoms with E-state index in [2.05, 4.69) is 5.32 Å². The fraction of sp³-hybridized carbons (Fsp3) is 0.462. The zero-order valence-corrected chi connectivity index (χ0v) is 10.6. The predicted molar refractivity (Wildman–Crippen MR) is 68.6 cm³/mol. The lowest BCUT2D eigenvalue weighted by atomic mass is 10.0. The summed E-state index contributed by atoms with van der Waals surface area (Å²) in [7, 11) is 0. The van der Waals surface area contributed by atoms with Crippen molar-refractivity contribution in [1.82, 2.24) is 0 Å². The van der Waals surface area contributed by atoms with Crippen molar-refractivity contribution in [2.24, 2.45) is 0 Å². The molecule has 0 aliphatic rings. The number of rotatable bonds is 6. The highest BCUT2D eigenvalue weighted by Crippen LogP contribution is 2.22. The molecule has 0 fully saturated rings. The van der Waals surface area contributed by atoms with Crippen molar-refractivity contribution in [2.75, 3.05) is 5.32 Å². The van der Waals surface area contributed by atoms with Crippen molar-refractivity contribution in [3.8, 4) is 0 Å². The van der Waals surface area contributed by atoms with Crippen LogP contribution in [0.2, 0.25) is 0 Å². The van der Waals surface area contributed by atoms with Crippen LogP contribution in [0.5, 0.6) is 0 Å². The Balaban J connectivity index is 2.85. The minimum Gasteiger partial charge on any atom is -0.478 e. The molecule has 0 heterocycles. The fourth-order valence-electron chi connectivity index (χ4n) is 1.69. The van der Waals surface area contributed by atoms with Crippen LogP contribution in [0.3, 0.4) is 0 Å². The number of anilines is 1. The number of aliphatic hydroxyl groups is 2. The summed E-state index contributed by atoms with van der Waals surface area (Å²) in [5.74, 6) is -0.999. The van der Waals surface area contributed by atoms with Crippen molar-refractivity contribution < 1.29 is 20.1 Å². The minimum atomic E-state index is -1.40. The van der Waals surface area contributed by atoms with Gasteiger partial charge in [-0.25, -0.2) is 4.79 Å². The summed E-state index contributed by atoms with van der Waals surface area (Å²) >= 11 is 0. The molecule has 2 atom stereocenters. The van der Waals surface area contributed by atoms with Crippen LogP contribution in [-0.4, -0.2) is 33.1 Å². The van der Waals surface area contributed by atoms with E-state index in [1.807, 2.05) is 0 Å². The first-order valence-corrected chi connectivity index (χ1v) is 5.95. The number of hydrogen-bond donors (Lipinski definition) is 4. The summed E-state index contributed by atoms with van der Waals surface area (Å²) in [5.41, 5.74) is -0.659. The number of carbonyl (C=O) groups is 1. The highest BCUT2D eigenvalue weighted by molar-refractivity contribution is 5.88. The highest BCUT2D eigenvalue weighted by Gasteiger charge is 2.32. The van der Waals surface area contributed by atoms with E-state index in [4.69, 9.17) is 5.11 Å². The number of carboxylic acid groups (broad SMARTS) is 1. The number of aromatic carboxylic acids is 1. The molecule has 0 radical (unpaired) electrons. The molecular formula is C13H19NO4. The Morgan fingerprint density at radius 3 is 2.28 bits per heavy atom. The average Bonchev–Trinajstić information content (AvgIpc) is 2.38. The Hall–Kier alpha value is -1.59. The van der Waals surface area contributed by atoms with E-state index in [0.717, 1.165) is 0 Å². The highest BCUT2D eigenvalue weighted by atomic mass is 16.4.